The summed E-state index contributed by atoms with van der Waals surface area (Å²) in [5, 5.41) is 2.82. The number of hydrogen-bond donors (Lipinski definition) is 2. The molecule has 0 unspecified atom stereocenters. The van der Waals surface area contributed by atoms with Crippen LogP contribution >= 0.6 is 11.6 Å². The van der Waals surface area contributed by atoms with E-state index in [1.807, 2.05) is 0 Å². The van der Waals surface area contributed by atoms with Crippen LogP contribution in [0.1, 0.15) is 15.9 Å². The van der Waals surface area contributed by atoms with Gasteiger partial charge < -0.3 is 11.1 Å². The number of rotatable bonds is 2. The first-order valence-electron chi connectivity index (χ1n) is 5.81. The Morgan fingerprint density at radius 1 is 1.14 bits per heavy atom. The largest absolute Gasteiger partial charge is 0.416 e. The fourth-order valence-electron chi connectivity index (χ4n) is 1.68. The fraction of sp³-hybridized carbons (Fsp3) is 0.0714. The van der Waals surface area contributed by atoms with Gasteiger partial charge in [-0.1, -0.05) is 17.7 Å². The summed E-state index contributed by atoms with van der Waals surface area (Å²) in [6.45, 7) is 0. The van der Waals surface area contributed by atoms with Gasteiger partial charge in [-0.25, -0.2) is 0 Å². The molecule has 0 heterocycles. The Hall–Kier alpha value is -2.21. The van der Waals surface area contributed by atoms with Crippen molar-refractivity contribution in [3.63, 3.8) is 0 Å². The maximum absolute atomic E-state index is 12.5. The smallest absolute Gasteiger partial charge is 0.397 e. The second-order valence-corrected chi connectivity index (χ2v) is 4.70. The lowest BCUT2D eigenvalue weighted by Crippen LogP contribution is -2.14. The van der Waals surface area contributed by atoms with Crippen LogP contribution in [0.15, 0.2) is 42.5 Å². The molecule has 0 fully saturated rings. The highest BCUT2D eigenvalue weighted by Gasteiger charge is 2.30. The Morgan fingerprint density at radius 2 is 1.86 bits per heavy atom. The molecule has 21 heavy (non-hydrogen) atoms. The Labute approximate surface area is 123 Å². The molecular weight excluding hydrogens is 305 g/mol. The predicted octanol–water partition coefficient (Wildman–Crippen LogP) is 4.19. The zero-order chi connectivity index (χ0) is 15.6. The number of benzene rings is 2. The molecule has 110 valence electrons. The van der Waals surface area contributed by atoms with Gasteiger partial charge in [0.25, 0.3) is 5.91 Å². The van der Waals surface area contributed by atoms with E-state index in [2.05, 4.69) is 5.32 Å². The topological polar surface area (TPSA) is 55.1 Å². The van der Waals surface area contributed by atoms with Gasteiger partial charge in [0.15, 0.2) is 0 Å². The van der Waals surface area contributed by atoms with Crippen molar-refractivity contribution in [1.29, 1.82) is 0 Å². The number of nitrogens with two attached hydrogens (primary N) is 1. The van der Waals surface area contributed by atoms with Crippen molar-refractivity contribution >= 4 is 28.9 Å². The van der Waals surface area contributed by atoms with Gasteiger partial charge in [-0.2, -0.15) is 13.2 Å². The quantitative estimate of drug-likeness (QED) is 0.816. The molecule has 3 N–H and O–H groups in total. The first-order valence-corrected chi connectivity index (χ1v) is 6.19. The minimum atomic E-state index is -4.48. The molecule has 0 bridgehead atoms. The van der Waals surface area contributed by atoms with Crippen molar-refractivity contribution in [3.05, 3.63) is 58.6 Å². The lowest BCUT2D eigenvalue weighted by molar-refractivity contribution is -0.137. The third kappa shape index (κ3) is 3.66. The summed E-state index contributed by atoms with van der Waals surface area (Å²) in [6.07, 6.45) is -4.48. The molecule has 2 aromatic carbocycles. The van der Waals surface area contributed by atoms with Gasteiger partial charge in [0.2, 0.25) is 0 Å². The van der Waals surface area contributed by atoms with Gasteiger partial charge >= 0.3 is 6.18 Å². The standard InChI is InChI=1S/C14H10ClF3N2O/c15-10-3-1-2-8(6-10)13(21)20-12-5-4-9(7-11(12)19)14(16,17)18/h1-7H,19H2,(H,20,21). The molecule has 0 aromatic heterocycles. The van der Waals surface area contributed by atoms with Crippen molar-refractivity contribution < 1.29 is 18.0 Å². The normalized spacial score (nSPS) is 11.2. The summed E-state index contributed by atoms with van der Waals surface area (Å²) in [5.41, 5.74) is 4.88. The van der Waals surface area contributed by atoms with Gasteiger partial charge in [0.05, 0.1) is 16.9 Å². The van der Waals surface area contributed by atoms with Crippen molar-refractivity contribution in [2.75, 3.05) is 11.1 Å². The van der Waals surface area contributed by atoms with E-state index in [4.69, 9.17) is 17.3 Å². The molecule has 0 aliphatic heterocycles. The van der Waals surface area contributed by atoms with Crippen molar-refractivity contribution in [1.82, 2.24) is 0 Å². The highest BCUT2D eigenvalue weighted by Crippen LogP contribution is 2.32. The molecule has 1 amide bonds. The zero-order valence-corrected chi connectivity index (χ0v) is 11.3. The van der Waals surface area contributed by atoms with E-state index in [-0.39, 0.29) is 16.9 Å². The second-order valence-electron chi connectivity index (χ2n) is 4.26. The molecule has 0 radical (unpaired) electrons. The Kier molecular flexibility index (Phi) is 4.09. The fourth-order valence-corrected chi connectivity index (χ4v) is 1.87. The van der Waals surface area contributed by atoms with Crippen LogP contribution in [-0.2, 0) is 6.18 Å². The third-order valence-electron chi connectivity index (χ3n) is 2.71. The molecular formula is C14H10ClF3N2O. The first-order chi connectivity index (χ1) is 9.77. The molecule has 2 aromatic rings. The van der Waals surface area contributed by atoms with Crippen LogP contribution in [0.3, 0.4) is 0 Å². The number of carbonyl (C=O) groups excluding carboxylic acids is 1. The molecule has 0 saturated carbocycles. The van der Waals surface area contributed by atoms with Crippen molar-refractivity contribution in [2.45, 2.75) is 6.18 Å². The van der Waals surface area contributed by atoms with Crippen LogP contribution in [0.5, 0.6) is 0 Å². The minimum Gasteiger partial charge on any atom is -0.397 e. The summed E-state index contributed by atoms with van der Waals surface area (Å²) in [5.74, 6) is -0.510. The van der Waals surface area contributed by atoms with E-state index < -0.39 is 17.6 Å². The number of alkyl halides is 3. The number of amides is 1. The van der Waals surface area contributed by atoms with Crippen LogP contribution in [0, 0.1) is 0 Å². The van der Waals surface area contributed by atoms with Crippen molar-refractivity contribution in [3.8, 4) is 0 Å². The average Bonchev–Trinajstić information content (AvgIpc) is 2.39. The first kappa shape index (κ1) is 15.2. The molecule has 0 aliphatic rings. The van der Waals surface area contributed by atoms with E-state index in [1.54, 1.807) is 12.1 Å². The molecule has 2 rings (SSSR count). The number of nitrogen functional groups attached to an aromatic ring is 1. The van der Waals surface area contributed by atoms with Gasteiger partial charge in [-0.15, -0.1) is 0 Å². The maximum atomic E-state index is 12.5. The van der Waals surface area contributed by atoms with Crippen LogP contribution < -0.4 is 11.1 Å². The summed E-state index contributed by atoms with van der Waals surface area (Å²) in [4.78, 5) is 12.0. The highest BCUT2D eigenvalue weighted by molar-refractivity contribution is 6.31. The molecule has 0 spiro atoms. The molecule has 0 saturated heterocycles. The monoisotopic (exact) mass is 314 g/mol. The lowest BCUT2D eigenvalue weighted by Gasteiger charge is -2.12. The Morgan fingerprint density at radius 3 is 2.43 bits per heavy atom. The summed E-state index contributed by atoms with van der Waals surface area (Å²) < 4.78 is 37.5. The second kappa shape index (κ2) is 5.65. The highest BCUT2D eigenvalue weighted by atomic mass is 35.5. The Balaban J connectivity index is 2.22. The van der Waals surface area contributed by atoms with Crippen LogP contribution in [0.2, 0.25) is 5.02 Å². The SMILES string of the molecule is Nc1cc(C(F)(F)F)ccc1NC(=O)c1cccc(Cl)c1. The van der Waals surface area contributed by atoms with Gasteiger partial charge in [-0.3, -0.25) is 4.79 Å². The van der Waals surface area contributed by atoms with Gasteiger partial charge in [0, 0.05) is 10.6 Å². The molecule has 3 nitrogen and oxygen atoms in total. The van der Waals surface area contributed by atoms with E-state index in [1.165, 1.54) is 12.1 Å². The average molecular weight is 315 g/mol. The van der Waals surface area contributed by atoms with Crippen LogP contribution in [-0.4, -0.2) is 5.91 Å². The number of anilines is 2. The molecule has 0 atom stereocenters. The summed E-state index contributed by atoms with van der Waals surface area (Å²) in [6, 6.07) is 8.90. The van der Waals surface area contributed by atoms with Crippen LogP contribution in [0.25, 0.3) is 0 Å². The summed E-state index contributed by atoms with van der Waals surface area (Å²) >= 11 is 5.76. The number of hydrogen-bond acceptors (Lipinski definition) is 2. The number of carbonyl (C=O) groups is 1. The minimum absolute atomic E-state index is 0.105. The van der Waals surface area contributed by atoms with Crippen LogP contribution in [0.4, 0.5) is 24.5 Å². The Bertz CT molecular complexity index is 686. The summed E-state index contributed by atoms with van der Waals surface area (Å²) in [7, 11) is 0. The van der Waals surface area contributed by atoms with Gasteiger partial charge in [-0.05, 0) is 36.4 Å². The molecule has 7 heteroatoms. The number of nitrogens with one attached hydrogen (secondary N) is 1. The van der Waals surface area contributed by atoms with Crippen molar-refractivity contribution in [2.24, 2.45) is 0 Å². The third-order valence-corrected chi connectivity index (χ3v) is 2.95. The van der Waals surface area contributed by atoms with E-state index in [0.717, 1.165) is 18.2 Å². The number of halogens is 4. The van der Waals surface area contributed by atoms with E-state index >= 15 is 0 Å². The van der Waals surface area contributed by atoms with E-state index in [9.17, 15) is 18.0 Å². The lowest BCUT2D eigenvalue weighted by atomic mass is 10.1. The maximum Gasteiger partial charge on any atom is 0.416 e. The molecule has 0 aliphatic carbocycles. The van der Waals surface area contributed by atoms with E-state index in [0.29, 0.717) is 5.02 Å². The zero-order valence-electron chi connectivity index (χ0n) is 10.5. The predicted molar refractivity (Wildman–Crippen MR) is 75.3 cm³/mol. The van der Waals surface area contributed by atoms with Gasteiger partial charge in [0.1, 0.15) is 0 Å².